The second-order valence-corrected chi connectivity index (χ2v) is 4.62. The molecule has 2 aromatic carbocycles. The summed E-state index contributed by atoms with van der Waals surface area (Å²) in [6, 6.07) is 13.1. The summed E-state index contributed by atoms with van der Waals surface area (Å²) in [6.45, 7) is 0. The van der Waals surface area contributed by atoms with Crippen molar-refractivity contribution >= 4 is 23.2 Å². The van der Waals surface area contributed by atoms with Crippen LogP contribution in [0.5, 0.6) is 0 Å². The van der Waals surface area contributed by atoms with E-state index in [1.165, 1.54) is 12.1 Å². The van der Waals surface area contributed by atoms with Crippen molar-refractivity contribution in [3.63, 3.8) is 0 Å². The van der Waals surface area contributed by atoms with E-state index in [0.29, 0.717) is 23.6 Å². The molecule has 0 bridgehead atoms. The zero-order chi connectivity index (χ0) is 13.7. The summed E-state index contributed by atoms with van der Waals surface area (Å²) in [7, 11) is 0. The molecule has 0 saturated heterocycles. The largest absolute Gasteiger partial charge is 0.326 e. The fourth-order valence-corrected chi connectivity index (χ4v) is 1.89. The number of benzene rings is 2. The van der Waals surface area contributed by atoms with E-state index < -0.39 is 0 Å². The highest BCUT2D eigenvalue weighted by Gasteiger charge is 2.03. The van der Waals surface area contributed by atoms with Crippen LogP contribution in [0.3, 0.4) is 0 Å². The van der Waals surface area contributed by atoms with E-state index in [1.807, 2.05) is 0 Å². The van der Waals surface area contributed by atoms with Crippen molar-refractivity contribution in [3.8, 4) is 0 Å². The summed E-state index contributed by atoms with van der Waals surface area (Å²) in [4.78, 5) is 11.7. The second-order valence-electron chi connectivity index (χ2n) is 4.18. The number of halogens is 2. The number of anilines is 1. The molecule has 2 aromatic rings. The molecular weight excluding hydrogens is 265 g/mol. The predicted octanol–water partition coefficient (Wildman–Crippen LogP) is 4.05. The van der Waals surface area contributed by atoms with Gasteiger partial charge < -0.3 is 5.32 Å². The van der Waals surface area contributed by atoms with Gasteiger partial charge in [-0.2, -0.15) is 0 Å². The van der Waals surface area contributed by atoms with E-state index in [1.54, 1.807) is 36.4 Å². The Kier molecular flexibility index (Phi) is 4.53. The van der Waals surface area contributed by atoms with Crippen molar-refractivity contribution in [2.24, 2.45) is 0 Å². The Labute approximate surface area is 116 Å². The molecule has 0 fully saturated rings. The average Bonchev–Trinajstić information content (AvgIpc) is 2.38. The van der Waals surface area contributed by atoms with Crippen LogP contribution in [0.1, 0.15) is 12.0 Å². The molecule has 0 atom stereocenters. The van der Waals surface area contributed by atoms with Gasteiger partial charge in [0.1, 0.15) is 5.82 Å². The van der Waals surface area contributed by atoms with Crippen molar-refractivity contribution in [2.75, 3.05) is 5.32 Å². The first kappa shape index (κ1) is 13.6. The number of carbonyl (C=O) groups excluding carboxylic acids is 1. The lowest BCUT2D eigenvalue weighted by atomic mass is 10.1. The molecule has 0 saturated carbocycles. The van der Waals surface area contributed by atoms with Gasteiger partial charge in [0.15, 0.2) is 0 Å². The van der Waals surface area contributed by atoms with Crippen LogP contribution in [0.4, 0.5) is 10.1 Å². The Balaban J connectivity index is 1.86. The Morgan fingerprint density at radius 3 is 2.58 bits per heavy atom. The number of aryl methyl sites for hydroxylation is 1. The molecule has 98 valence electrons. The molecule has 1 amide bonds. The van der Waals surface area contributed by atoms with Gasteiger partial charge in [0.2, 0.25) is 5.91 Å². The molecule has 0 aromatic heterocycles. The summed E-state index contributed by atoms with van der Waals surface area (Å²) in [5.41, 5.74) is 1.61. The number of hydrogen-bond acceptors (Lipinski definition) is 1. The smallest absolute Gasteiger partial charge is 0.224 e. The highest BCUT2D eigenvalue weighted by Crippen LogP contribution is 2.15. The fourth-order valence-electron chi connectivity index (χ4n) is 1.70. The molecular formula is C15H13ClFNO. The second kappa shape index (κ2) is 6.34. The van der Waals surface area contributed by atoms with Gasteiger partial charge in [-0.3, -0.25) is 4.79 Å². The number of rotatable bonds is 4. The highest BCUT2D eigenvalue weighted by molar-refractivity contribution is 6.30. The van der Waals surface area contributed by atoms with E-state index in [-0.39, 0.29) is 11.7 Å². The minimum atomic E-state index is -0.271. The molecule has 0 heterocycles. The normalized spacial score (nSPS) is 10.2. The summed E-state index contributed by atoms with van der Waals surface area (Å²) < 4.78 is 12.7. The number of hydrogen-bond donors (Lipinski definition) is 1. The lowest BCUT2D eigenvalue weighted by Crippen LogP contribution is -2.12. The summed E-state index contributed by atoms with van der Waals surface area (Å²) >= 11 is 5.83. The highest BCUT2D eigenvalue weighted by atomic mass is 35.5. The first-order valence-electron chi connectivity index (χ1n) is 5.93. The van der Waals surface area contributed by atoms with E-state index >= 15 is 0 Å². The standard InChI is InChI=1S/C15H13ClFNO/c16-12-2-1-3-14(10-12)18-15(19)9-6-11-4-7-13(17)8-5-11/h1-5,7-8,10H,6,9H2,(H,18,19). The summed E-state index contributed by atoms with van der Waals surface area (Å²) in [5, 5.41) is 3.35. The Morgan fingerprint density at radius 2 is 1.89 bits per heavy atom. The van der Waals surface area contributed by atoms with Crippen LogP contribution in [-0.4, -0.2) is 5.91 Å². The van der Waals surface area contributed by atoms with Crippen molar-refractivity contribution in [1.82, 2.24) is 0 Å². The van der Waals surface area contributed by atoms with Crippen LogP contribution in [0, 0.1) is 5.82 Å². The summed E-state index contributed by atoms with van der Waals surface area (Å²) in [6.07, 6.45) is 0.921. The number of amides is 1. The van der Waals surface area contributed by atoms with Gasteiger partial charge in [0.05, 0.1) is 0 Å². The van der Waals surface area contributed by atoms with E-state index in [2.05, 4.69) is 5.32 Å². The van der Waals surface area contributed by atoms with Crippen LogP contribution in [-0.2, 0) is 11.2 Å². The third kappa shape index (κ3) is 4.38. The van der Waals surface area contributed by atoms with Crippen molar-refractivity contribution in [2.45, 2.75) is 12.8 Å². The third-order valence-electron chi connectivity index (χ3n) is 2.66. The minimum absolute atomic E-state index is 0.0911. The van der Waals surface area contributed by atoms with E-state index in [4.69, 9.17) is 11.6 Å². The Hall–Kier alpha value is -1.87. The van der Waals surface area contributed by atoms with Crippen LogP contribution in [0.25, 0.3) is 0 Å². The van der Waals surface area contributed by atoms with Crippen molar-refractivity contribution < 1.29 is 9.18 Å². The lowest BCUT2D eigenvalue weighted by molar-refractivity contribution is -0.116. The topological polar surface area (TPSA) is 29.1 Å². The molecule has 1 N–H and O–H groups in total. The summed E-state index contributed by atoms with van der Waals surface area (Å²) in [5.74, 6) is -0.362. The van der Waals surface area contributed by atoms with E-state index in [9.17, 15) is 9.18 Å². The molecule has 19 heavy (non-hydrogen) atoms. The predicted molar refractivity (Wildman–Crippen MR) is 74.8 cm³/mol. The Morgan fingerprint density at radius 1 is 1.16 bits per heavy atom. The van der Waals surface area contributed by atoms with Crippen LogP contribution < -0.4 is 5.32 Å². The van der Waals surface area contributed by atoms with Gasteiger partial charge in [-0.25, -0.2) is 4.39 Å². The quantitative estimate of drug-likeness (QED) is 0.897. The maximum absolute atomic E-state index is 12.7. The number of nitrogens with one attached hydrogen (secondary N) is 1. The zero-order valence-electron chi connectivity index (χ0n) is 10.2. The van der Waals surface area contributed by atoms with Crippen LogP contribution >= 0.6 is 11.6 Å². The third-order valence-corrected chi connectivity index (χ3v) is 2.90. The SMILES string of the molecule is O=C(CCc1ccc(F)cc1)Nc1cccc(Cl)c1. The first-order valence-corrected chi connectivity index (χ1v) is 6.31. The van der Waals surface area contributed by atoms with Crippen LogP contribution in [0.15, 0.2) is 48.5 Å². The van der Waals surface area contributed by atoms with Gasteiger partial charge >= 0.3 is 0 Å². The number of carbonyl (C=O) groups is 1. The van der Waals surface area contributed by atoms with E-state index in [0.717, 1.165) is 5.56 Å². The molecule has 0 aliphatic rings. The molecule has 2 nitrogen and oxygen atoms in total. The molecule has 0 radical (unpaired) electrons. The van der Waals surface area contributed by atoms with Crippen LogP contribution in [0.2, 0.25) is 5.02 Å². The maximum Gasteiger partial charge on any atom is 0.224 e. The van der Waals surface area contributed by atoms with Gasteiger partial charge in [-0.1, -0.05) is 29.8 Å². The Bertz CT molecular complexity index is 569. The lowest BCUT2D eigenvalue weighted by Gasteiger charge is -2.05. The zero-order valence-corrected chi connectivity index (χ0v) is 11.0. The van der Waals surface area contributed by atoms with Gasteiger partial charge in [0, 0.05) is 17.1 Å². The molecule has 0 spiro atoms. The van der Waals surface area contributed by atoms with Crippen molar-refractivity contribution in [1.29, 1.82) is 0 Å². The van der Waals surface area contributed by atoms with Gasteiger partial charge in [0.25, 0.3) is 0 Å². The van der Waals surface area contributed by atoms with Crippen molar-refractivity contribution in [3.05, 3.63) is 64.9 Å². The average molecular weight is 278 g/mol. The monoisotopic (exact) mass is 277 g/mol. The molecule has 0 aliphatic heterocycles. The van der Waals surface area contributed by atoms with Gasteiger partial charge in [-0.05, 0) is 42.3 Å². The molecule has 4 heteroatoms. The van der Waals surface area contributed by atoms with Gasteiger partial charge in [-0.15, -0.1) is 0 Å². The maximum atomic E-state index is 12.7. The molecule has 2 rings (SSSR count). The minimum Gasteiger partial charge on any atom is -0.326 e. The molecule has 0 unspecified atom stereocenters. The first-order chi connectivity index (χ1) is 9.13. The fraction of sp³-hybridized carbons (Fsp3) is 0.133. The molecule has 0 aliphatic carbocycles.